The van der Waals surface area contributed by atoms with E-state index >= 15 is 0 Å². The maximum atomic E-state index is 12.8. The van der Waals surface area contributed by atoms with E-state index in [0.717, 1.165) is 11.5 Å². The number of nitrogens with zero attached hydrogens (tertiary/aromatic N) is 3. The van der Waals surface area contributed by atoms with E-state index in [0.29, 0.717) is 28.6 Å². The minimum atomic E-state index is 0.000665. The summed E-state index contributed by atoms with van der Waals surface area (Å²) in [7, 11) is 0. The Labute approximate surface area is 181 Å². The fraction of sp³-hybridized carbons (Fsp3) is 0.136. The van der Waals surface area contributed by atoms with Gasteiger partial charge in [0.25, 0.3) is 0 Å². The quantitative estimate of drug-likeness (QED) is 0.312. The Morgan fingerprint density at radius 1 is 1.03 bits per heavy atom. The zero-order chi connectivity index (χ0) is 20.3. The van der Waals surface area contributed by atoms with Crippen molar-refractivity contribution >= 4 is 28.9 Å². The van der Waals surface area contributed by atoms with Crippen LogP contribution in [-0.2, 0) is 6.42 Å². The third kappa shape index (κ3) is 3.83. The summed E-state index contributed by atoms with van der Waals surface area (Å²) in [5, 5.41) is 11.5. The van der Waals surface area contributed by atoms with Crippen LogP contribution >= 0.6 is 23.1 Å². The zero-order valence-corrected chi connectivity index (χ0v) is 17.5. The van der Waals surface area contributed by atoms with Gasteiger partial charge >= 0.3 is 0 Å². The number of ether oxygens (including phenoxy) is 2. The molecule has 0 N–H and O–H groups in total. The standard InChI is InChI=1S/C22H17N3O3S2/c26-18(15-8-9-19-20(11-15)28-14-27-19)13-30-22-24-23-21(12-17-7-4-10-29-17)25(22)16-5-2-1-3-6-16/h1-11H,12-14H2. The van der Waals surface area contributed by atoms with Gasteiger partial charge in [-0.1, -0.05) is 36.0 Å². The molecule has 8 heteroatoms. The number of rotatable bonds is 7. The van der Waals surface area contributed by atoms with Gasteiger partial charge in [0.1, 0.15) is 5.82 Å². The Morgan fingerprint density at radius 3 is 2.73 bits per heavy atom. The number of carbonyl (C=O) groups excluding carboxylic acids is 1. The van der Waals surface area contributed by atoms with Crippen molar-refractivity contribution in [3.63, 3.8) is 0 Å². The van der Waals surface area contributed by atoms with Crippen LogP contribution < -0.4 is 9.47 Å². The number of thiophene rings is 1. The Balaban J connectivity index is 1.38. The van der Waals surface area contributed by atoms with Gasteiger partial charge < -0.3 is 9.47 Å². The van der Waals surface area contributed by atoms with Gasteiger partial charge in [0.05, 0.1) is 5.75 Å². The van der Waals surface area contributed by atoms with Gasteiger partial charge in [-0.25, -0.2) is 0 Å². The largest absolute Gasteiger partial charge is 0.454 e. The first-order valence-corrected chi connectivity index (χ1v) is 11.2. The number of carbonyl (C=O) groups is 1. The van der Waals surface area contributed by atoms with Crippen molar-refractivity contribution in [2.24, 2.45) is 0 Å². The third-order valence-corrected chi connectivity index (χ3v) is 6.46. The number of aromatic nitrogens is 3. The molecule has 30 heavy (non-hydrogen) atoms. The molecule has 3 heterocycles. The van der Waals surface area contributed by atoms with Crippen LogP contribution in [0.3, 0.4) is 0 Å². The highest BCUT2D eigenvalue weighted by Crippen LogP contribution is 2.33. The molecule has 6 nitrogen and oxygen atoms in total. The molecule has 4 aromatic rings. The number of hydrogen-bond acceptors (Lipinski definition) is 7. The summed E-state index contributed by atoms with van der Waals surface area (Å²) in [4.78, 5) is 14.0. The number of hydrogen-bond donors (Lipinski definition) is 0. The van der Waals surface area contributed by atoms with E-state index in [9.17, 15) is 4.79 Å². The molecule has 0 radical (unpaired) electrons. The minimum Gasteiger partial charge on any atom is -0.454 e. The highest BCUT2D eigenvalue weighted by atomic mass is 32.2. The van der Waals surface area contributed by atoms with Crippen molar-refractivity contribution in [2.75, 3.05) is 12.5 Å². The highest BCUT2D eigenvalue weighted by molar-refractivity contribution is 7.99. The molecule has 0 saturated heterocycles. The molecule has 0 amide bonds. The van der Waals surface area contributed by atoms with Crippen molar-refractivity contribution in [3.05, 3.63) is 82.3 Å². The minimum absolute atomic E-state index is 0.000665. The van der Waals surface area contributed by atoms with Gasteiger partial charge in [0, 0.05) is 22.5 Å². The van der Waals surface area contributed by atoms with Gasteiger partial charge in [-0.3, -0.25) is 9.36 Å². The van der Waals surface area contributed by atoms with Crippen LogP contribution in [0.1, 0.15) is 21.1 Å². The average molecular weight is 436 g/mol. The van der Waals surface area contributed by atoms with Crippen LogP contribution in [0.2, 0.25) is 0 Å². The Bertz CT molecular complexity index is 1170. The molecule has 1 aliphatic rings. The molecule has 0 fully saturated rings. The number of benzene rings is 2. The van der Waals surface area contributed by atoms with E-state index in [-0.39, 0.29) is 18.3 Å². The van der Waals surface area contributed by atoms with Crippen LogP contribution in [0.15, 0.2) is 71.2 Å². The van der Waals surface area contributed by atoms with E-state index in [1.54, 1.807) is 29.5 Å². The molecule has 5 rings (SSSR count). The molecule has 2 aromatic carbocycles. The third-order valence-electron chi connectivity index (χ3n) is 4.65. The summed E-state index contributed by atoms with van der Waals surface area (Å²) in [5.74, 6) is 2.38. The number of Topliss-reactive ketones (excluding diaryl/α,β-unsaturated/α-hetero) is 1. The molecule has 0 bridgehead atoms. The summed E-state index contributed by atoms with van der Waals surface area (Å²) in [6, 6.07) is 19.4. The molecule has 1 aliphatic heterocycles. The van der Waals surface area contributed by atoms with Crippen molar-refractivity contribution in [1.29, 1.82) is 0 Å². The van der Waals surface area contributed by atoms with Gasteiger partial charge in [-0.05, 0) is 41.8 Å². The van der Waals surface area contributed by atoms with Crippen molar-refractivity contribution in [3.8, 4) is 17.2 Å². The van der Waals surface area contributed by atoms with E-state index in [4.69, 9.17) is 9.47 Å². The smallest absolute Gasteiger partial charge is 0.231 e. The first-order valence-electron chi connectivity index (χ1n) is 9.36. The number of thioether (sulfide) groups is 1. The number of ketones is 1. The van der Waals surface area contributed by atoms with Gasteiger partial charge in [0.2, 0.25) is 6.79 Å². The molecule has 0 spiro atoms. The molecule has 2 aromatic heterocycles. The lowest BCUT2D eigenvalue weighted by molar-refractivity contribution is 0.102. The maximum absolute atomic E-state index is 12.8. The molecule has 0 atom stereocenters. The molecular weight excluding hydrogens is 418 g/mol. The summed E-state index contributed by atoms with van der Waals surface area (Å²) >= 11 is 3.07. The topological polar surface area (TPSA) is 66.2 Å². The van der Waals surface area contributed by atoms with E-state index in [1.807, 2.05) is 41.0 Å². The maximum Gasteiger partial charge on any atom is 0.231 e. The molecular formula is C22H17N3O3S2. The second-order valence-corrected chi connectivity index (χ2v) is 8.58. The SMILES string of the molecule is O=C(CSc1nnc(Cc2cccs2)n1-c1ccccc1)c1ccc2c(c1)OCO2. The van der Waals surface area contributed by atoms with Crippen molar-refractivity contribution in [1.82, 2.24) is 14.8 Å². The molecule has 0 saturated carbocycles. The lowest BCUT2D eigenvalue weighted by atomic mass is 10.1. The summed E-state index contributed by atoms with van der Waals surface area (Å²) in [6.07, 6.45) is 0.691. The van der Waals surface area contributed by atoms with E-state index < -0.39 is 0 Å². The van der Waals surface area contributed by atoms with Gasteiger partial charge in [-0.2, -0.15) is 0 Å². The second kappa shape index (κ2) is 8.33. The number of fused-ring (bicyclic) bond motifs is 1. The predicted octanol–water partition coefficient (Wildman–Crippen LogP) is 4.62. The Kier molecular flexibility index (Phi) is 5.25. The average Bonchev–Trinajstić information content (AvgIpc) is 3.53. The zero-order valence-electron chi connectivity index (χ0n) is 15.9. The van der Waals surface area contributed by atoms with Crippen LogP contribution in [0.5, 0.6) is 11.5 Å². The second-order valence-electron chi connectivity index (χ2n) is 6.61. The van der Waals surface area contributed by atoms with Crippen LogP contribution in [-0.4, -0.2) is 33.1 Å². The first-order chi connectivity index (χ1) is 14.8. The fourth-order valence-electron chi connectivity index (χ4n) is 3.20. The van der Waals surface area contributed by atoms with Crippen molar-refractivity contribution < 1.29 is 14.3 Å². The lowest BCUT2D eigenvalue weighted by Crippen LogP contribution is -2.06. The van der Waals surface area contributed by atoms with Gasteiger partial charge in [0.15, 0.2) is 22.4 Å². The fourth-order valence-corrected chi connectivity index (χ4v) is 4.76. The van der Waals surface area contributed by atoms with Crippen molar-refractivity contribution in [2.45, 2.75) is 11.6 Å². The summed E-state index contributed by atoms with van der Waals surface area (Å²) < 4.78 is 12.7. The van der Waals surface area contributed by atoms with Crippen LogP contribution in [0.25, 0.3) is 5.69 Å². The first kappa shape index (κ1) is 18.9. The monoisotopic (exact) mass is 435 g/mol. The summed E-state index contributed by atoms with van der Waals surface area (Å²) in [6.45, 7) is 0.189. The molecule has 0 aliphatic carbocycles. The lowest BCUT2D eigenvalue weighted by Gasteiger charge is -2.09. The van der Waals surface area contributed by atoms with E-state index in [1.165, 1.54) is 16.6 Å². The Hall–Kier alpha value is -3.10. The molecule has 150 valence electrons. The van der Waals surface area contributed by atoms with Crippen LogP contribution in [0, 0.1) is 0 Å². The molecule has 0 unspecified atom stereocenters. The van der Waals surface area contributed by atoms with Crippen LogP contribution in [0.4, 0.5) is 0 Å². The normalized spacial score (nSPS) is 12.3. The number of para-hydroxylation sites is 1. The highest BCUT2D eigenvalue weighted by Gasteiger charge is 2.19. The van der Waals surface area contributed by atoms with Gasteiger partial charge in [-0.15, -0.1) is 21.5 Å². The summed E-state index contributed by atoms with van der Waals surface area (Å²) in [5.41, 5.74) is 1.57. The predicted molar refractivity (Wildman–Crippen MR) is 116 cm³/mol. The Morgan fingerprint density at radius 2 is 1.90 bits per heavy atom. The van der Waals surface area contributed by atoms with E-state index in [2.05, 4.69) is 21.6 Å².